The standard InChI is InChI=1S/C21H30N6S/c22-20(26-11-13-27(14-12-26)21-23-8-15-28-21)24-16-18-4-6-19(7-5-18)17-25-9-2-1-3-10-25/h4-8,15H,1-3,9-14,16-17H2,(H2,22,24). The Labute approximate surface area is 171 Å². The molecule has 2 saturated heterocycles. The van der Waals surface area contributed by atoms with Gasteiger partial charge in [-0.15, -0.1) is 11.3 Å². The van der Waals surface area contributed by atoms with Crippen LogP contribution < -0.4 is 10.6 Å². The molecule has 0 atom stereocenters. The van der Waals surface area contributed by atoms with E-state index in [4.69, 9.17) is 5.73 Å². The van der Waals surface area contributed by atoms with Crippen LogP contribution in [0.25, 0.3) is 0 Å². The van der Waals surface area contributed by atoms with E-state index in [1.807, 2.05) is 11.6 Å². The molecule has 150 valence electrons. The van der Waals surface area contributed by atoms with Crippen LogP contribution in [-0.4, -0.2) is 60.0 Å². The lowest BCUT2D eigenvalue weighted by molar-refractivity contribution is 0.221. The van der Waals surface area contributed by atoms with Gasteiger partial charge in [-0.2, -0.15) is 0 Å². The van der Waals surface area contributed by atoms with Gasteiger partial charge in [0.15, 0.2) is 11.1 Å². The average molecular weight is 399 g/mol. The zero-order chi connectivity index (χ0) is 19.2. The van der Waals surface area contributed by atoms with E-state index < -0.39 is 0 Å². The van der Waals surface area contributed by atoms with Gasteiger partial charge in [-0.25, -0.2) is 9.98 Å². The Hall–Kier alpha value is -2.12. The molecule has 2 N–H and O–H groups in total. The van der Waals surface area contributed by atoms with E-state index in [2.05, 4.69) is 48.9 Å². The molecule has 0 saturated carbocycles. The number of thiazole rings is 1. The molecule has 0 spiro atoms. The molecule has 0 bridgehead atoms. The fourth-order valence-corrected chi connectivity index (χ4v) is 4.59. The number of piperazine rings is 1. The first-order valence-corrected chi connectivity index (χ1v) is 11.2. The Morgan fingerprint density at radius 2 is 1.68 bits per heavy atom. The van der Waals surface area contributed by atoms with Crippen molar-refractivity contribution in [3.05, 3.63) is 47.0 Å². The molecule has 1 aromatic carbocycles. The van der Waals surface area contributed by atoms with Gasteiger partial charge in [0.25, 0.3) is 0 Å². The molecule has 28 heavy (non-hydrogen) atoms. The molecule has 7 heteroatoms. The van der Waals surface area contributed by atoms with Crippen LogP contribution in [0.1, 0.15) is 30.4 Å². The van der Waals surface area contributed by atoms with Crippen molar-refractivity contribution in [2.75, 3.05) is 44.2 Å². The molecule has 4 rings (SSSR count). The number of nitrogens with zero attached hydrogens (tertiary/aromatic N) is 5. The van der Waals surface area contributed by atoms with Crippen molar-refractivity contribution in [1.29, 1.82) is 0 Å². The second-order valence-electron chi connectivity index (χ2n) is 7.62. The summed E-state index contributed by atoms with van der Waals surface area (Å²) >= 11 is 1.69. The highest BCUT2D eigenvalue weighted by Gasteiger charge is 2.19. The van der Waals surface area contributed by atoms with Gasteiger partial charge in [0, 0.05) is 44.3 Å². The quantitative estimate of drug-likeness (QED) is 0.620. The smallest absolute Gasteiger partial charge is 0.191 e. The molecule has 1 aromatic heterocycles. The van der Waals surface area contributed by atoms with Crippen LogP contribution in [0.15, 0.2) is 40.8 Å². The third-order valence-corrected chi connectivity index (χ3v) is 6.43. The van der Waals surface area contributed by atoms with Crippen LogP contribution in [-0.2, 0) is 13.1 Å². The molecule has 0 unspecified atom stereocenters. The topological polar surface area (TPSA) is 61.0 Å². The van der Waals surface area contributed by atoms with Crippen LogP contribution >= 0.6 is 11.3 Å². The van der Waals surface area contributed by atoms with E-state index in [0.29, 0.717) is 12.5 Å². The van der Waals surface area contributed by atoms with Gasteiger partial charge in [0.2, 0.25) is 0 Å². The molecule has 0 radical (unpaired) electrons. The molecular weight excluding hydrogens is 368 g/mol. The van der Waals surface area contributed by atoms with Gasteiger partial charge >= 0.3 is 0 Å². The fraction of sp³-hybridized carbons (Fsp3) is 0.524. The summed E-state index contributed by atoms with van der Waals surface area (Å²) in [6, 6.07) is 8.86. The Bertz CT molecular complexity index is 744. The molecule has 2 aliphatic heterocycles. The second kappa shape index (κ2) is 9.39. The van der Waals surface area contributed by atoms with Crippen molar-refractivity contribution < 1.29 is 0 Å². The van der Waals surface area contributed by atoms with Crippen LogP contribution in [0.2, 0.25) is 0 Å². The molecule has 6 nitrogen and oxygen atoms in total. The first-order valence-electron chi connectivity index (χ1n) is 10.3. The number of rotatable bonds is 5. The number of guanidine groups is 1. The minimum Gasteiger partial charge on any atom is -0.370 e. The molecule has 3 heterocycles. The normalized spacial score (nSPS) is 19.2. The summed E-state index contributed by atoms with van der Waals surface area (Å²) in [6.45, 7) is 7.84. The summed E-state index contributed by atoms with van der Waals surface area (Å²) in [7, 11) is 0. The molecule has 2 fully saturated rings. The summed E-state index contributed by atoms with van der Waals surface area (Å²) < 4.78 is 0. The number of likely N-dealkylation sites (tertiary alicyclic amines) is 1. The summed E-state index contributed by atoms with van der Waals surface area (Å²) in [5.41, 5.74) is 8.86. The van der Waals surface area contributed by atoms with Crippen molar-refractivity contribution in [3.8, 4) is 0 Å². The summed E-state index contributed by atoms with van der Waals surface area (Å²) in [6.07, 6.45) is 5.92. The highest BCUT2D eigenvalue weighted by Crippen LogP contribution is 2.19. The number of piperidine rings is 1. The molecule has 2 aromatic rings. The molecule has 2 aliphatic rings. The highest BCUT2D eigenvalue weighted by atomic mass is 32.1. The monoisotopic (exact) mass is 398 g/mol. The van der Waals surface area contributed by atoms with Crippen molar-refractivity contribution in [3.63, 3.8) is 0 Å². The van der Waals surface area contributed by atoms with Crippen molar-refractivity contribution in [1.82, 2.24) is 14.8 Å². The van der Waals surface area contributed by atoms with Crippen LogP contribution in [0, 0.1) is 0 Å². The largest absolute Gasteiger partial charge is 0.370 e. The van der Waals surface area contributed by atoms with Crippen molar-refractivity contribution in [2.45, 2.75) is 32.4 Å². The van der Waals surface area contributed by atoms with Gasteiger partial charge in [0.05, 0.1) is 6.54 Å². The number of aliphatic imine (C=N–C) groups is 1. The molecule has 0 aliphatic carbocycles. The average Bonchev–Trinajstić information content (AvgIpc) is 3.29. The third kappa shape index (κ3) is 5.02. The SMILES string of the molecule is NC(=NCc1ccc(CN2CCCCC2)cc1)N1CCN(c2nccs2)CC1. The predicted octanol–water partition coefficient (Wildman–Crippen LogP) is 2.77. The van der Waals surface area contributed by atoms with Crippen molar-refractivity contribution >= 4 is 22.4 Å². The van der Waals surface area contributed by atoms with E-state index in [1.54, 1.807) is 11.3 Å². The van der Waals surface area contributed by atoms with E-state index in [-0.39, 0.29) is 0 Å². The first-order chi connectivity index (χ1) is 13.8. The fourth-order valence-electron chi connectivity index (χ4n) is 3.90. The maximum atomic E-state index is 6.25. The van der Waals surface area contributed by atoms with Crippen molar-refractivity contribution in [2.24, 2.45) is 10.7 Å². The van der Waals surface area contributed by atoms with Gasteiger partial charge in [-0.05, 0) is 37.1 Å². The number of hydrogen-bond donors (Lipinski definition) is 1. The first kappa shape index (κ1) is 19.2. The second-order valence-corrected chi connectivity index (χ2v) is 8.49. The number of nitrogens with two attached hydrogens (primary N) is 1. The molecular formula is C21H30N6S. The summed E-state index contributed by atoms with van der Waals surface area (Å²) in [4.78, 5) is 16.1. The van der Waals surface area contributed by atoms with E-state index in [0.717, 1.165) is 37.9 Å². The number of anilines is 1. The minimum atomic E-state index is 0.641. The Balaban J connectivity index is 1.25. The summed E-state index contributed by atoms with van der Waals surface area (Å²) in [5, 5.41) is 3.12. The van der Waals surface area contributed by atoms with Crippen LogP contribution in [0.4, 0.5) is 5.13 Å². The van der Waals surface area contributed by atoms with Gasteiger partial charge in [0.1, 0.15) is 0 Å². The highest BCUT2D eigenvalue weighted by molar-refractivity contribution is 7.13. The number of benzene rings is 1. The van der Waals surface area contributed by atoms with Crippen LogP contribution in [0.3, 0.4) is 0 Å². The lowest BCUT2D eigenvalue weighted by Crippen LogP contribution is -2.51. The molecule has 0 amide bonds. The van der Waals surface area contributed by atoms with E-state index in [9.17, 15) is 0 Å². The Morgan fingerprint density at radius 3 is 2.36 bits per heavy atom. The number of hydrogen-bond acceptors (Lipinski definition) is 5. The Kier molecular flexibility index (Phi) is 6.44. The summed E-state index contributed by atoms with van der Waals surface area (Å²) in [5.74, 6) is 0.649. The van der Waals surface area contributed by atoms with E-state index >= 15 is 0 Å². The Morgan fingerprint density at radius 1 is 0.964 bits per heavy atom. The third-order valence-electron chi connectivity index (χ3n) is 5.59. The van der Waals surface area contributed by atoms with E-state index in [1.165, 1.54) is 43.5 Å². The minimum absolute atomic E-state index is 0.641. The van der Waals surface area contributed by atoms with Gasteiger partial charge in [-0.3, -0.25) is 4.90 Å². The maximum absolute atomic E-state index is 6.25. The zero-order valence-corrected chi connectivity index (χ0v) is 17.3. The zero-order valence-electron chi connectivity index (χ0n) is 16.5. The van der Waals surface area contributed by atoms with Gasteiger partial charge in [-0.1, -0.05) is 30.7 Å². The van der Waals surface area contributed by atoms with Gasteiger partial charge < -0.3 is 15.5 Å². The maximum Gasteiger partial charge on any atom is 0.191 e. The predicted molar refractivity (Wildman–Crippen MR) is 117 cm³/mol. The van der Waals surface area contributed by atoms with Crippen LogP contribution in [0.5, 0.6) is 0 Å². The lowest BCUT2D eigenvalue weighted by atomic mass is 10.1. The lowest BCUT2D eigenvalue weighted by Gasteiger charge is -2.35. The number of aromatic nitrogens is 1.